The van der Waals surface area contributed by atoms with E-state index in [0.717, 1.165) is 18.8 Å². The van der Waals surface area contributed by atoms with Gasteiger partial charge in [-0.1, -0.05) is 40.0 Å². The van der Waals surface area contributed by atoms with Gasteiger partial charge in [0.05, 0.1) is 11.7 Å². The van der Waals surface area contributed by atoms with Crippen LogP contribution in [0.4, 0.5) is 0 Å². The summed E-state index contributed by atoms with van der Waals surface area (Å²) in [5.74, 6) is 0.878. The van der Waals surface area contributed by atoms with Crippen molar-refractivity contribution < 1.29 is 4.74 Å². The molecule has 0 aromatic heterocycles. The van der Waals surface area contributed by atoms with Crippen molar-refractivity contribution in [3.63, 3.8) is 0 Å². The minimum absolute atomic E-state index is 0.0553. The highest BCUT2D eigenvalue weighted by atomic mass is 16.5. The first-order valence-corrected chi connectivity index (χ1v) is 7.07. The molecule has 0 bridgehead atoms. The smallest absolute Gasteiger partial charge is 0.0802 e. The zero-order valence-electron chi connectivity index (χ0n) is 11.3. The van der Waals surface area contributed by atoms with Crippen molar-refractivity contribution in [1.29, 1.82) is 0 Å². The predicted molar refractivity (Wildman–Crippen MR) is 69.5 cm³/mol. The molecule has 0 aromatic rings. The molecule has 0 radical (unpaired) electrons. The predicted octanol–water partition coefficient (Wildman–Crippen LogP) is 3.49. The van der Waals surface area contributed by atoms with Gasteiger partial charge in [0.2, 0.25) is 0 Å². The van der Waals surface area contributed by atoms with Crippen LogP contribution in [-0.2, 0) is 4.74 Å². The summed E-state index contributed by atoms with van der Waals surface area (Å²) in [6, 6.07) is 0. The average Bonchev–Trinajstić information content (AvgIpc) is 2.36. The second-order valence-corrected chi connectivity index (χ2v) is 5.27. The van der Waals surface area contributed by atoms with Gasteiger partial charge in [0.25, 0.3) is 0 Å². The fourth-order valence-corrected chi connectivity index (χ4v) is 2.83. The lowest BCUT2D eigenvalue weighted by Gasteiger charge is -2.38. The van der Waals surface area contributed by atoms with E-state index in [1.54, 1.807) is 0 Å². The molecular formula is C14H29NO. The molecule has 1 saturated carbocycles. The van der Waals surface area contributed by atoms with E-state index in [-0.39, 0.29) is 5.60 Å². The molecule has 0 aliphatic heterocycles. The molecule has 0 heterocycles. The van der Waals surface area contributed by atoms with Gasteiger partial charge in [-0.05, 0) is 31.6 Å². The molecule has 2 atom stereocenters. The summed E-state index contributed by atoms with van der Waals surface area (Å²) < 4.78 is 6.33. The third-order valence-electron chi connectivity index (χ3n) is 4.39. The van der Waals surface area contributed by atoms with Gasteiger partial charge in [0, 0.05) is 6.54 Å². The van der Waals surface area contributed by atoms with Gasteiger partial charge < -0.3 is 10.5 Å². The van der Waals surface area contributed by atoms with Crippen LogP contribution in [0.2, 0.25) is 0 Å². The second-order valence-electron chi connectivity index (χ2n) is 5.27. The van der Waals surface area contributed by atoms with Crippen LogP contribution in [0.5, 0.6) is 0 Å². The Labute approximate surface area is 101 Å². The second kappa shape index (κ2) is 6.61. The van der Waals surface area contributed by atoms with Crippen molar-refractivity contribution in [2.24, 2.45) is 11.7 Å². The van der Waals surface area contributed by atoms with Crippen molar-refractivity contribution in [2.45, 2.75) is 77.4 Å². The third-order valence-corrected chi connectivity index (χ3v) is 4.39. The van der Waals surface area contributed by atoms with Gasteiger partial charge in [-0.15, -0.1) is 0 Å². The highest BCUT2D eigenvalue weighted by molar-refractivity contribution is 4.83. The number of nitrogens with two attached hydrogens (primary N) is 1. The lowest BCUT2D eigenvalue weighted by molar-refractivity contribution is -0.111. The van der Waals surface area contributed by atoms with E-state index in [1.807, 2.05) is 0 Å². The average molecular weight is 227 g/mol. The molecule has 1 aliphatic rings. The Morgan fingerprint density at radius 3 is 2.38 bits per heavy atom. The van der Waals surface area contributed by atoms with Gasteiger partial charge in [-0.2, -0.15) is 0 Å². The van der Waals surface area contributed by atoms with Crippen molar-refractivity contribution in [2.75, 3.05) is 6.54 Å². The largest absolute Gasteiger partial charge is 0.370 e. The van der Waals surface area contributed by atoms with E-state index in [0.29, 0.717) is 12.6 Å². The first-order chi connectivity index (χ1) is 7.69. The summed E-state index contributed by atoms with van der Waals surface area (Å²) >= 11 is 0. The maximum Gasteiger partial charge on any atom is 0.0802 e. The van der Waals surface area contributed by atoms with Crippen LogP contribution in [0.25, 0.3) is 0 Å². The SMILES string of the molecule is CCC1CCCC(OC(CC)(CC)CN)C1. The minimum Gasteiger partial charge on any atom is -0.370 e. The van der Waals surface area contributed by atoms with Gasteiger partial charge in [-0.25, -0.2) is 0 Å². The lowest BCUT2D eigenvalue weighted by atomic mass is 9.85. The monoisotopic (exact) mass is 227 g/mol. The highest BCUT2D eigenvalue weighted by Gasteiger charge is 2.31. The van der Waals surface area contributed by atoms with Crippen LogP contribution in [0.1, 0.15) is 65.7 Å². The van der Waals surface area contributed by atoms with E-state index < -0.39 is 0 Å². The van der Waals surface area contributed by atoms with Crippen LogP contribution in [-0.4, -0.2) is 18.2 Å². The Balaban J connectivity index is 2.50. The van der Waals surface area contributed by atoms with Gasteiger partial charge >= 0.3 is 0 Å². The van der Waals surface area contributed by atoms with Gasteiger partial charge in [0.1, 0.15) is 0 Å². The Morgan fingerprint density at radius 2 is 1.88 bits per heavy atom. The number of ether oxygens (including phenoxy) is 1. The summed E-state index contributed by atoms with van der Waals surface area (Å²) in [7, 11) is 0. The Kier molecular flexibility index (Phi) is 5.77. The Hall–Kier alpha value is -0.0800. The van der Waals surface area contributed by atoms with Crippen LogP contribution in [0.15, 0.2) is 0 Å². The van der Waals surface area contributed by atoms with Crippen molar-refractivity contribution in [1.82, 2.24) is 0 Å². The third kappa shape index (κ3) is 3.46. The van der Waals surface area contributed by atoms with Crippen molar-refractivity contribution in [3.05, 3.63) is 0 Å². The van der Waals surface area contributed by atoms with Crippen LogP contribution in [0.3, 0.4) is 0 Å². The fourth-order valence-electron chi connectivity index (χ4n) is 2.83. The molecule has 2 nitrogen and oxygen atoms in total. The van der Waals surface area contributed by atoms with E-state index in [4.69, 9.17) is 10.5 Å². The summed E-state index contributed by atoms with van der Waals surface area (Å²) in [6.45, 7) is 7.34. The Morgan fingerprint density at radius 1 is 1.19 bits per heavy atom. The molecule has 2 unspecified atom stereocenters. The van der Waals surface area contributed by atoms with Gasteiger partial charge in [0.15, 0.2) is 0 Å². The van der Waals surface area contributed by atoms with Crippen LogP contribution < -0.4 is 5.73 Å². The molecule has 2 heteroatoms. The summed E-state index contributed by atoms with van der Waals surface area (Å²) in [5, 5.41) is 0. The lowest BCUT2D eigenvalue weighted by Crippen LogP contribution is -2.43. The Bertz CT molecular complexity index is 181. The van der Waals surface area contributed by atoms with Crippen molar-refractivity contribution >= 4 is 0 Å². The normalized spacial score (nSPS) is 27.0. The maximum absolute atomic E-state index is 6.33. The molecular weight excluding hydrogens is 198 g/mol. The zero-order chi connectivity index (χ0) is 12.0. The molecule has 0 spiro atoms. The van der Waals surface area contributed by atoms with Crippen LogP contribution in [0, 0.1) is 5.92 Å². The summed E-state index contributed by atoms with van der Waals surface area (Å²) in [4.78, 5) is 0. The zero-order valence-corrected chi connectivity index (χ0v) is 11.3. The quantitative estimate of drug-likeness (QED) is 0.754. The first-order valence-electron chi connectivity index (χ1n) is 7.07. The van der Waals surface area contributed by atoms with Gasteiger partial charge in [-0.3, -0.25) is 0 Å². The summed E-state index contributed by atoms with van der Waals surface area (Å²) in [5.41, 5.74) is 5.83. The summed E-state index contributed by atoms with van der Waals surface area (Å²) in [6.07, 6.45) is 9.04. The number of rotatable bonds is 6. The number of hydrogen-bond acceptors (Lipinski definition) is 2. The molecule has 1 fully saturated rings. The van der Waals surface area contributed by atoms with Crippen LogP contribution >= 0.6 is 0 Å². The van der Waals surface area contributed by atoms with E-state index >= 15 is 0 Å². The topological polar surface area (TPSA) is 35.2 Å². The molecule has 1 rings (SSSR count). The van der Waals surface area contributed by atoms with Crippen molar-refractivity contribution in [3.8, 4) is 0 Å². The van der Waals surface area contributed by atoms with E-state index in [9.17, 15) is 0 Å². The molecule has 0 saturated heterocycles. The van der Waals surface area contributed by atoms with E-state index in [2.05, 4.69) is 20.8 Å². The standard InChI is InChI=1S/C14H29NO/c1-4-12-8-7-9-13(10-12)16-14(5-2,6-3)11-15/h12-13H,4-11,15H2,1-3H3. The molecule has 1 aliphatic carbocycles. The fraction of sp³-hybridized carbons (Fsp3) is 1.00. The first kappa shape index (κ1) is 14.0. The molecule has 0 aromatic carbocycles. The number of hydrogen-bond donors (Lipinski definition) is 1. The molecule has 0 amide bonds. The highest BCUT2D eigenvalue weighted by Crippen LogP contribution is 2.32. The molecule has 2 N–H and O–H groups in total. The maximum atomic E-state index is 6.33. The molecule has 16 heavy (non-hydrogen) atoms. The minimum atomic E-state index is -0.0553. The molecule has 96 valence electrons. The van der Waals surface area contributed by atoms with E-state index in [1.165, 1.54) is 32.1 Å².